The average Bonchev–Trinajstić information content (AvgIpc) is 3.37. The van der Waals surface area contributed by atoms with Crippen LogP contribution in [0.3, 0.4) is 0 Å². The van der Waals surface area contributed by atoms with E-state index < -0.39 is 0 Å². The van der Waals surface area contributed by atoms with Gasteiger partial charge in [0.2, 0.25) is 5.91 Å². The average molecular weight is 359 g/mol. The van der Waals surface area contributed by atoms with Crippen molar-refractivity contribution in [3.63, 3.8) is 0 Å². The van der Waals surface area contributed by atoms with Crippen LogP contribution in [0.25, 0.3) is 0 Å². The molecule has 1 saturated heterocycles. The molecule has 1 aliphatic carbocycles. The lowest BCUT2D eigenvalue weighted by atomic mass is 10.1. The Morgan fingerprint density at radius 2 is 1.88 bits per heavy atom. The molecule has 2 heterocycles. The summed E-state index contributed by atoms with van der Waals surface area (Å²) >= 11 is 1.76. The lowest BCUT2D eigenvalue weighted by Crippen LogP contribution is -2.48. The monoisotopic (exact) mass is 359 g/mol. The molecule has 0 unspecified atom stereocenters. The van der Waals surface area contributed by atoms with Crippen LogP contribution in [0, 0.1) is 5.82 Å². The van der Waals surface area contributed by atoms with Crippen molar-refractivity contribution in [1.82, 2.24) is 14.8 Å². The number of benzene rings is 1. The minimum Gasteiger partial charge on any atom is -0.340 e. The predicted octanol–water partition coefficient (Wildman–Crippen LogP) is 3.05. The summed E-state index contributed by atoms with van der Waals surface area (Å²) in [5.41, 5.74) is 2.14. The number of hydrogen-bond donors (Lipinski definition) is 0. The van der Waals surface area contributed by atoms with Crippen molar-refractivity contribution in [2.75, 3.05) is 26.2 Å². The number of halogens is 1. The van der Waals surface area contributed by atoms with Gasteiger partial charge in [-0.05, 0) is 30.5 Å². The minimum absolute atomic E-state index is 0.122. The highest BCUT2D eigenvalue weighted by Gasteiger charge is 2.27. The zero-order valence-corrected chi connectivity index (χ0v) is 15.0. The Morgan fingerprint density at radius 3 is 2.56 bits per heavy atom. The Balaban J connectivity index is 1.25. The maximum Gasteiger partial charge on any atom is 0.227 e. The maximum atomic E-state index is 12.9. The van der Waals surface area contributed by atoms with Crippen molar-refractivity contribution in [1.29, 1.82) is 0 Å². The van der Waals surface area contributed by atoms with E-state index in [-0.39, 0.29) is 11.7 Å². The van der Waals surface area contributed by atoms with Crippen molar-refractivity contribution < 1.29 is 9.18 Å². The van der Waals surface area contributed by atoms with Crippen LogP contribution in [0.5, 0.6) is 0 Å². The van der Waals surface area contributed by atoms with Crippen LogP contribution in [0.4, 0.5) is 4.39 Å². The van der Waals surface area contributed by atoms with Gasteiger partial charge in [0.05, 0.1) is 18.7 Å². The van der Waals surface area contributed by atoms with Gasteiger partial charge >= 0.3 is 0 Å². The number of hydrogen-bond acceptors (Lipinski definition) is 4. The molecule has 2 aromatic rings. The van der Waals surface area contributed by atoms with Gasteiger partial charge in [-0.1, -0.05) is 12.1 Å². The number of aromatic nitrogens is 1. The molecule has 0 radical (unpaired) electrons. The number of amides is 1. The van der Waals surface area contributed by atoms with Crippen molar-refractivity contribution >= 4 is 17.2 Å². The van der Waals surface area contributed by atoms with E-state index in [0.717, 1.165) is 38.3 Å². The van der Waals surface area contributed by atoms with Gasteiger partial charge in [-0.25, -0.2) is 9.37 Å². The van der Waals surface area contributed by atoms with Gasteiger partial charge in [-0.15, -0.1) is 11.3 Å². The van der Waals surface area contributed by atoms with Crippen molar-refractivity contribution in [3.8, 4) is 0 Å². The minimum atomic E-state index is -0.267. The van der Waals surface area contributed by atoms with E-state index in [1.807, 2.05) is 4.90 Å². The molecule has 0 N–H and O–H groups in total. The zero-order chi connectivity index (χ0) is 17.2. The molecule has 2 aliphatic rings. The number of rotatable bonds is 5. The van der Waals surface area contributed by atoms with Crippen LogP contribution < -0.4 is 0 Å². The molecule has 0 bridgehead atoms. The Morgan fingerprint density at radius 1 is 1.16 bits per heavy atom. The number of carbonyl (C=O) groups is 1. The van der Waals surface area contributed by atoms with E-state index >= 15 is 0 Å². The molecule has 4 rings (SSSR count). The highest BCUT2D eigenvalue weighted by molar-refractivity contribution is 7.09. The summed E-state index contributed by atoms with van der Waals surface area (Å²) in [7, 11) is 0. The van der Waals surface area contributed by atoms with Gasteiger partial charge in [0, 0.05) is 37.5 Å². The fraction of sp³-hybridized carbons (Fsp3) is 0.474. The first-order chi connectivity index (χ1) is 12.2. The highest BCUT2D eigenvalue weighted by atomic mass is 32.1. The summed E-state index contributed by atoms with van der Waals surface area (Å²) in [5, 5.41) is 3.39. The Labute approximate surface area is 151 Å². The van der Waals surface area contributed by atoms with Gasteiger partial charge in [-0.3, -0.25) is 9.69 Å². The lowest BCUT2D eigenvalue weighted by molar-refractivity contribution is -0.132. The summed E-state index contributed by atoms with van der Waals surface area (Å²) in [6.45, 7) is 4.15. The molecule has 1 aromatic carbocycles. The molecular weight excluding hydrogens is 337 g/mol. The van der Waals surface area contributed by atoms with Crippen LogP contribution >= 0.6 is 11.3 Å². The van der Waals surface area contributed by atoms with Crippen molar-refractivity contribution in [2.45, 2.75) is 31.7 Å². The van der Waals surface area contributed by atoms with E-state index in [0.29, 0.717) is 12.3 Å². The van der Waals surface area contributed by atoms with E-state index in [1.165, 1.54) is 35.7 Å². The number of thiazole rings is 1. The second-order valence-corrected chi connectivity index (χ2v) is 7.84. The fourth-order valence-electron chi connectivity index (χ4n) is 3.20. The largest absolute Gasteiger partial charge is 0.340 e. The van der Waals surface area contributed by atoms with Crippen LogP contribution in [0.1, 0.15) is 35.0 Å². The quantitative estimate of drug-likeness (QED) is 0.823. The van der Waals surface area contributed by atoms with Crippen LogP contribution in [0.15, 0.2) is 29.6 Å². The Bertz CT molecular complexity index is 733. The molecule has 4 nitrogen and oxygen atoms in total. The third-order valence-electron chi connectivity index (χ3n) is 4.92. The highest BCUT2D eigenvalue weighted by Crippen LogP contribution is 2.40. The summed E-state index contributed by atoms with van der Waals surface area (Å²) in [5.74, 6) is 0.569. The molecule has 1 saturated carbocycles. The molecular formula is C19H22FN3OS. The lowest BCUT2D eigenvalue weighted by Gasteiger charge is -2.34. The van der Waals surface area contributed by atoms with Crippen molar-refractivity contribution in [2.24, 2.45) is 0 Å². The summed E-state index contributed by atoms with van der Waals surface area (Å²) in [4.78, 5) is 21.4. The van der Waals surface area contributed by atoms with E-state index in [1.54, 1.807) is 23.5 Å². The summed E-state index contributed by atoms with van der Waals surface area (Å²) in [6, 6.07) is 6.18. The second-order valence-electron chi connectivity index (χ2n) is 6.90. The molecule has 1 aliphatic heterocycles. The van der Waals surface area contributed by atoms with E-state index in [4.69, 9.17) is 4.98 Å². The predicted molar refractivity (Wildman–Crippen MR) is 96.1 cm³/mol. The Hall–Kier alpha value is -1.79. The SMILES string of the molecule is O=C(Cc1ccc(F)cc1)N1CCN(Cc2nc(C3CC3)cs2)CC1. The van der Waals surface area contributed by atoms with Crippen molar-refractivity contribution in [3.05, 3.63) is 51.7 Å². The first kappa shape index (κ1) is 16.7. The molecule has 2 fully saturated rings. The van der Waals surface area contributed by atoms with Crippen LogP contribution in [-0.4, -0.2) is 46.9 Å². The molecule has 25 heavy (non-hydrogen) atoms. The van der Waals surface area contributed by atoms with Gasteiger partial charge in [0.1, 0.15) is 10.8 Å². The smallest absolute Gasteiger partial charge is 0.227 e. The topological polar surface area (TPSA) is 36.4 Å². The normalized spacial score (nSPS) is 18.5. The van der Waals surface area contributed by atoms with Crippen LogP contribution in [0.2, 0.25) is 0 Å². The number of piperazine rings is 1. The number of nitrogens with zero attached hydrogens (tertiary/aromatic N) is 3. The van der Waals surface area contributed by atoms with E-state index in [9.17, 15) is 9.18 Å². The molecule has 1 amide bonds. The molecule has 132 valence electrons. The van der Waals surface area contributed by atoms with Gasteiger partial charge < -0.3 is 4.90 Å². The fourth-order valence-corrected chi connectivity index (χ4v) is 4.12. The van der Waals surface area contributed by atoms with Gasteiger partial charge in [0.15, 0.2) is 0 Å². The first-order valence-electron chi connectivity index (χ1n) is 8.86. The molecule has 0 atom stereocenters. The summed E-state index contributed by atoms with van der Waals surface area (Å²) < 4.78 is 12.9. The van der Waals surface area contributed by atoms with Crippen LogP contribution in [-0.2, 0) is 17.8 Å². The first-order valence-corrected chi connectivity index (χ1v) is 9.74. The van der Waals surface area contributed by atoms with E-state index in [2.05, 4.69) is 10.3 Å². The maximum absolute atomic E-state index is 12.9. The van der Waals surface area contributed by atoms with Gasteiger partial charge in [0.25, 0.3) is 0 Å². The third-order valence-corrected chi connectivity index (χ3v) is 5.77. The number of carbonyl (C=O) groups excluding carboxylic acids is 1. The molecule has 0 spiro atoms. The standard InChI is InChI=1S/C19H22FN3OS/c20-16-5-1-14(2-6-16)11-19(24)23-9-7-22(8-10-23)12-18-21-17(13-25-18)15-3-4-15/h1-2,5-6,13,15H,3-4,7-12H2. The Kier molecular flexibility index (Phi) is 4.81. The molecule has 1 aromatic heterocycles. The van der Waals surface area contributed by atoms with Gasteiger partial charge in [-0.2, -0.15) is 0 Å². The molecule has 6 heteroatoms. The zero-order valence-electron chi connectivity index (χ0n) is 14.2. The summed E-state index contributed by atoms with van der Waals surface area (Å²) in [6.07, 6.45) is 2.92. The third kappa shape index (κ3) is 4.25. The second kappa shape index (κ2) is 7.22.